The summed E-state index contributed by atoms with van der Waals surface area (Å²) in [5, 5.41) is 8.54. The molecule has 0 rings (SSSR count). The number of carboxylic acid groups (broad SMARTS) is 1. The summed E-state index contributed by atoms with van der Waals surface area (Å²) >= 11 is 0. The van der Waals surface area contributed by atoms with Crippen LogP contribution in [0.2, 0.25) is 0 Å². The Morgan fingerprint density at radius 3 is 2.09 bits per heavy atom. The van der Waals surface area contributed by atoms with Gasteiger partial charge in [-0.15, -0.1) is 0 Å². The van der Waals surface area contributed by atoms with Gasteiger partial charge in [0.05, 0.1) is 26.4 Å². The van der Waals surface area contributed by atoms with Gasteiger partial charge < -0.3 is 24.2 Å². The number of carboxylic acids is 1. The predicted octanol–water partition coefficient (Wildman–Crippen LogP) is 1.55. The standard InChI is InChI=1S/C16H31NO6/c1-17(2)14(13-23-11-7-9-16(20)21-3)12-22-10-6-4-5-8-15(18)19/h14H,4-13H2,1-3H3,(H,18,19). The normalized spacial score (nSPS) is 12.3. The second-order valence-electron chi connectivity index (χ2n) is 5.65. The number of unbranched alkanes of at least 4 members (excludes halogenated alkanes) is 2. The van der Waals surface area contributed by atoms with Crippen molar-refractivity contribution in [2.45, 2.75) is 44.6 Å². The summed E-state index contributed by atoms with van der Waals surface area (Å²) in [5.41, 5.74) is 0. The van der Waals surface area contributed by atoms with Gasteiger partial charge in [-0.25, -0.2) is 0 Å². The molecule has 0 saturated heterocycles. The van der Waals surface area contributed by atoms with Crippen molar-refractivity contribution in [3.05, 3.63) is 0 Å². The highest BCUT2D eigenvalue weighted by atomic mass is 16.5. The van der Waals surface area contributed by atoms with E-state index >= 15 is 0 Å². The lowest BCUT2D eigenvalue weighted by molar-refractivity contribution is -0.141. The fraction of sp³-hybridized carbons (Fsp3) is 0.875. The maximum atomic E-state index is 11.0. The topological polar surface area (TPSA) is 85.3 Å². The Morgan fingerprint density at radius 2 is 1.57 bits per heavy atom. The smallest absolute Gasteiger partial charge is 0.305 e. The summed E-state index contributed by atoms with van der Waals surface area (Å²) in [7, 11) is 5.32. The molecule has 136 valence electrons. The third kappa shape index (κ3) is 14.2. The quantitative estimate of drug-likeness (QED) is 0.359. The average molecular weight is 333 g/mol. The van der Waals surface area contributed by atoms with Crippen molar-refractivity contribution in [1.29, 1.82) is 0 Å². The van der Waals surface area contributed by atoms with Crippen LogP contribution in [0.4, 0.5) is 0 Å². The van der Waals surface area contributed by atoms with Gasteiger partial charge in [-0.2, -0.15) is 0 Å². The van der Waals surface area contributed by atoms with E-state index in [4.69, 9.17) is 14.6 Å². The zero-order valence-electron chi connectivity index (χ0n) is 14.6. The van der Waals surface area contributed by atoms with Gasteiger partial charge in [-0.05, 0) is 33.4 Å². The fourth-order valence-corrected chi connectivity index (χ4v) is 1.86. The second kappa shape index (κ2) is 14.4. The van der Waals surface area contributed by atoms with Crippen LogP contribution in [0.15, 0.2) is 0 Å². The van der Waals surface area contributed by atoms with Gasteiger partial charge in [0.1, 0.15) is 0 Å². The highest BCUT2D eigenvalue weighted by molar-refractivity contribution is 5.69. The van der Waals surface area contributed by atoms with E-state index in [1.54, 1.807) is 0 Å². The first kappa shape index (κ1) is 21.8. The van der Waals surface area contributed by atoms with Crippen molar-refractivity contribution in [1.82, 2.24) is 4.90 Å². The Hall–Kier alpha value is -1.18. The minimum atomic E-state index is -0.747. The average Bonchev–Trinajstić information content (AvgIpc) is 2.50. The number of methoxy groups -OCH3 is 1. The van der Waals surface area contributed by atoms with Crippen molar-refractivity contribution < 1.29 is 28.9 Å². The van der Waals surface area contributed by atoms with Crippen LogP contribution in [0.3, 0.4) is 0 Å². The lowest BCUT2D eigenvalue weighted by Crippen LogP contribution is -2.37. The number of likely N-dealkylation sites (N-methyl/N-ethyl adjacent to an activating group) is 1. The molecule has 23 heavy (non-hydrogen) atoms. The van der Waals surface area contributed by atoms with E-state index in [9.17, 15) is 9.59 Å². The molecule has 0 aliphatic carbocycles. The van der Waals surface area contributed by atoms with Crippen molar-refractivity contribution in [3.63, 3.8) is 0 Å². The molecule has 7 nitrogen and oxygen atoms in total. The van der Waals surface area contributed by atoms with E-state index in [2.05, 4.69) is 4.74 Å². The Labute approximate surface area is 138 Å². The summed E-state index contributed by atoms with van der Waals surface area (Å²) < 4.78 is 15.8. The SMILES string of the molecule is COC(=O)CCCOCC(COCCCCCC(=O)O)N(C)C. The van der Waals surface area contributed by atoms with Crippen molar-refractivity contribution in [3.8, 4) is 0 Å². The maximum absolute atomic E-state index is 11.0. The number of carbonyl (C=O) groups excluding carboxylic acids is 1. The minimum Gasteiger partial charge on any atom is -0.481 e. The first-order chi connectivity index (χ1) is 11.0. The predicted molar refractivity (Wildman–Crippen MR) is 86.5 cm³/mol. The first-order valence-electron chi connectivity index (χ1n) is 8.08. The van der Waals surface area contributed by atoms with E-state index in [1.165, 1.54) is 7.11 Å². The molecule has 0 fully saturated rings. The van der Waals surface area contributed by atoms with Gasteiger partial charge in [-0.1, -0.05) is 6.42 Å². The van der Waals surface area contributed by atoms with Gasteiger partial charge in [0.25, 0.3) is 0 Å². The van der Waals surface area contributed by atoms with Crippen LogP contribution in [0.25, 0.3) is 0 Å². The highest BCUT2D eigenvalue weighted by Gasteiger charge is 2.12. The van der Waals surface area contributed by atoms with E-state index in [0.29, 0.717) is 45.7 Å². The molecular formula is C16H31NO6. The number of ether oxygens (including phenoxy) is 3. The summed E-state index contributed by atoms with van der Waals surface area (Å²) in [4.78, 5) is 23.4. The number of hydrogen-bond donors (Lipinski definition) is 1. The Bertz CT molecular complexity index is 322. The van der Waals surface area contributed by atoms with Gasteiger partial charge >= 0.3 is 11.9 Å². The van der Waals surface area contributed by atoms with Crippen LogP contribution < -0.4 is 0 Å². The number of esters is 1. The summed E-state index contributed by atoms with van der Waals surface area (Å²) in [6.45, 7) is 2.27. The van der Waals surface area contributed by atoms with Crippen molar-refractivity contribution in [2.24, 2.45) is 0 Å². The molecule has 1 atom stereocenters. The molecule has 0 spiro atoms. The zero-order valence-corrected chi connectivity index (χ0v) is 14.6. The van der Waals surface area contributed by atoms with Gasteiger partial charge in [-0.3, -0.25) is 9.59 Å². The van der Waals surface area contributed by atoms with E-state index < -0.39 is 5.97 Å². The molecule has 0 heterocycles. The van der Waals surface area contributed by atoms with Crippen LogP contribution in [0.1, 0.15) is 38.5 Å². The molecule has 0 radical (unpaired) electrons. The van der Waals surface area contributed by atoms with Crippen LogP contribution in [0, 0.1) is 0 Å². The minimum absolute atomic E-state index is 0.159. The molecule has 1 unspecified atom stereocenters. The molecule has 1 N–H and O–H groups in total. The van der Waals surface area contributed by atoms with Crippen molar-refractivity contribution in [2.75, 3.05) is 47.6 Å². The third-order valence-corrected chi connectivity index (χ3v) is 3.43. The Morgan fingerprint density at radius 1 is 0.957 bits per heavy atom. The van der Waals surface area contributed by atoms with E-state index in [1.807, 2.05) is 19.0 Å². The third-order valence-electron chi connectivity index (χ3n) is 3.43. The molecule has 0 saturated carbocycles. The summed E-state index contributed by atoms with van der Waals surface area (Å²) in [6.07, 6.45) is 3.67. The summed E-state index contributed by atoms with van der Waals surface area (Å²) in [6, 6.07) is 0.159. The zero-order chi connectivity index (χ0) is 17.5. The molecule has 0 aliphatic heterocycles. The molecule has 0 aromatic rings. The fourth-order valence-electron chi connectivity index (χ4n) is 1.86. The van der Waals surface area contributed by atoms with Gasteiger partial charge in [0, 0.05) is 26.1 Å². The Kier molecular flexibility index (Phi) is 13.7. The lowest BCUT2D eigenvalue weighted by atomic mass is 10.2. The first-order valence-corrected chi connectivity index (χ1v) is 8.08. The molecule has 7 heteroatoms. The molecular weight excluding hydrogens is 302 g/mol. The van der Waals surface area contributed by atoms with Crippen LogP contribution >= 0.6 is 0 Å². The van der Waals surface area contributed by atoms with Crippen LogP contribution in [-0.4, -0.2) is 75.6 Å². The number of aliphatic carboxylic acids is 1. The van der Waals surface area contributed by atoms with Crippen LogP contribution in [0.5, 0.6) is 0 Å². The van der Waals surface area contributed by atoms with Crippen LogP contribution in [-0.2, 0) is 23.8 Å². The second-order valence-corrected chi connectivity index (χ2v) is 5.65. The molecule has 0 amide bonds. The van der Waals surface area contributed by atoms with E-state index in [0.717, 1.165) is 12.8 Å². The monoisotopic (exact) mass is 333 g/mol. The van der Waals surface area contributed by atoms with E-state index in [-0.39, 0.29) is 18.4 Å². The number of carbonyl (C=O) groups is 2. The number of nitrogens with zero attached hydrogens (tertiary/aromatic N) is 1. The number of hydrogen-bond acceptors (Lipinski definition) is 6. The molecule has 0 aromatic heterocycles. The maximum Gasteiger partial charge on any atom is 0.305 e. The highest BCUT2D eigenvalue weighted by Crippen LogP contribution is 2.02. The Balaban J connectivity index is 3.62. The molecule has 0 aliphatic rings. The number of rotatable bonds is 15. The van der Waals surface area contributed by atoms with Gasteiger partial charge in [0.2, 0.25) is 0 Å². The largest absolute Gasteiger partial charge is 0.481 e. The van der Waals surface area contributed by atoms with Gasteiger partial charge in [0.15, 0.2) is 0 Å². The summed E-state index contributed by atoms with van der Waals surface area (Å²) in [5.74, 6) is -0.966. The lowest BCUT2D eigenvalue weighted by Gasteiger charge is -2.24. The molecule has 0 bridgehead atoms. The molecule has 0 aromatic carbocycles. The van der Waals surface area contributed by atoms with Crippen molar-refractivity contribution >= 4 is 11.9 Å².